The Balaban J connectivity index is 2.16. The third-order valence-electron chi connectivity index (χ3n) is 4.45. The fraction of sp³-hybridized carbons (Fsp3) is 0.292. The third-order valence-corrected chi connectivity index (χ3v) is 4.75. The molecule has 5 heteroatoms. The summed E-state index contributed by atoms with van der Waals surface area (Å²) in [4.78, 5) is 12.7. The molecular weight excluding hydrogens is 384 g/mol. The van der Waals surface area contributed by atoms with Crippen LogP contribution in [0.1, 0.15) is 53.7 Å². The number of anilines is 1. The Morgan fingerprint density at radius 3 is 2.52 bits per heavy atom. The molecule has 2 rings (SSSR count). The molecule has 4 nitrogen and oxygen atoms in total. The van der Waals surface area contributed by atoms with Crippen LogP contribution in [0.4, 0.5) is 5.69 Å². The summed E-state index contributed by atoms with van der Waals surface area (Å²) in [6.07, 6.45) is 3.60. The molecule has 0 aliphatic heterocycles. The summed E-state index contributed by atoms with van der Waals surface area (Å²) in [6.45, 7) is 9.39. The van der Waals surface area contributed by atoms with Gasteiger partial charge < -0.3 is 15.4 Å². The van der Waals surface area contributed by atoms with Gasteiger partial charge >= 0.3 is 0 Å². The minimum Gasteiger partial charge on any atom is -0.497 e. The maximum atomic E-state index is 12.7. The van der Waals surface area contributed by atoms with Gasteiger partial charge in [-0.2, -0.15) is 0 Å². The molecule has 0 saturated heterocycles. The van der Waals surface area contributed by atoms with Gasteiger partial charge in [0.1, 0.15) is 5.76 Å². The SMILES string of the molecule is C=C(OC)c1ccc(C(=O)NCc2ccc(NCC)cc2)cc1/C=C(/Cl)CCC. The van der Waals surface area contributed by atoms with Crippen LogP contribution in [0.3, 0.4) is 0 Å². The predicted molar refractivity (Wildman–Crippen MR) is 123 cm³/mol. The van der Waals surface area contributed by atoms with Gasteiger partial charge in [0, 0.05) is 34.9 Å². The summed E-state index contributed by atoms with van der Waals surface area (Å²) in [7, 11) is 1.57. The molecule has 0 atom stereocenters. The average Bonchev–Trinajstić information content (AvgIpc) is 2.72. The average molecular weight is 413 g/mol. The minimum absolute atomic E-state index is 0.142. The third kappa shape index (κ3) is 6.68. The van der Waals surface area contributed by atoms with Crippen LogP contribution < -0.4 is 10.6 Å². The molecule has 0 unspecified atom stereocenters. The van der Waals surface area contributed by atoms with Gasteiger partial charge in [0.2, 0.25) is 0 Å². The first-order valence-electron chi connectivity index (χ1n) is 9.82. The molecule has 0 aliphatic rings. The number of amides is 1. The smallest absolute Gasteiger partial charge is 0.251 e. The summed E-state index contributed by atoms with van der Waals surface area (Å²) in [5.74, 6) is 0.390. The Bertz CT molecular complexity index is 873. The molecule has 0 aliphatic carbocycles. The van der Waals surface area contributed by atoms with Gasteiger partial charge in [-0.3, -0.25) is 4.79 Å². The second-order valence-corrected chi connectivity index (χ2v) is 7.17. The van der Waals surface area contributed by atoms with Gasteiger partial charge in [-0.05, 0) is 60.9 Å². The van der Waals surface area contributed by atoms with E-state index in [1.54, 1.807) is 13.2 Å². The van der Waals surface area contributed by atoms with E-state index >= 15 is 0 Å². The van der Waals surface area contributed by atoms with Crippen molar-refractivity contribution < 1.29 is 9.53 Å². The van der Waals surface area contributed by atoms with Crippen LogP contribution in [0.5, 0.6) is 0 Å². The highest BCUT2D eigenvalue weighted by Gasteiger charge is 2.11. The van der Waals surface area contributed by atoms with Gasteiger partial charge in [-0.25, -0.2) is 0 Å². The van der Waals surface area contributed by atoms with Crippen molar-refractivity contribution in [2.45, 2.75) is 33.2 Å². The number of carbonyl (C=O) groups is 1. The molecule has 2 aromatic rings. The fourth-order valence-corrected chi connectivity index (χ4v) is 3.20. The molecule has 2 N–H and O–H groups in total. The molecule has 0 saturated carbocycles. The molecule has 1 amide bonds. The van der Waals surface area contributed by atoms with Gasteiger partial charge in [0.15, 0.2) is 0 Å². The molecule has 154 valence electrons. The summed E-state index contributed by atoms with van der Waals surface area (Å²) < 4.78 is 5.28. The number of nitrogens with one attached hydrogen (secondary N) is 2. The lowest BCUT2D eigenvalue weighted by atomic mass is 10.0. The van der Waals surface area contributed by atoms with Crippen LogP contribution in [-0.2, 0) is 11.3 Å². The van der Waals surface area contributed by atoms with Crippen molar-refractivity contribution in [2.24, 2.45) is 0 Å². The van der Waals surface area contributed by atoms with Gasteiger partial charge in [0.05, 0.1) is 7.11 Å². The number of benzene rings is 2. The van der Waals surface area contributed by atoms with Crippen LogP contribution in [0, 0.1) is 0 Å². The summed E-state index contributed by atoms with van der Waals surface area (Å²) in [5.41, 5.74) is 4.30. The van der Waals surface area contributed by atoms with Crippen molar-refractivity contribution in [1.82, 2.24) is 5.32 Å². The van der Waals surface area contributed by atoms with Gasteiger partial charge in [-0.1, -0.05) is 43.7 Å². The molecule has 2 aromatic carbocycles. The lowest BCUT2D eigenvalue weighted by Crippen LogP contribution is -2.23. The van der Waals surface area contributed by atoms with Crippen LogP contribution in [0.25, 0.3) is 11.8 Å². The Kier molecular flexibility index (Phi) is 8.81. The van der Waals surface area contributed by atoms with Crippen LogP contribution in [0.15, 0.2) is 54.1 Å². The number of ether oxygens (including phenoxy) is 1. The van der Waals surface area contributed by atoms with Crippen molar-refractivity contribution in [3.8, 4) is 0 Å². The maximum Gasteiger partial charge on any atom is 0.251 e. The number of hydrogen-bond acceptors (Lipinski definition) is 3. The molecular formula is C24H29ClN2O2. The van der Waals surface area contributed by atoms with Crippen LogP contribution >= 0.6 is 11.6 Å². The second-order valence-electron chi connectivity index (χ2n) is 6.68. The predicted octanol–water partition coefficient (Wildman–Crippen LogP) is 6.05. The molecule has 0 heterocycles. The number of carbonyl (C=O) groups excluding carboxylic acids is 1. The summed E-state index contributed by atoms with van der Waals surface area (Å²) in [5, 5.41) is 6.96. The number of hydrogen-bond donors (Lipinski definition) is 2. The first kappa shape index (κ1) is 22.6. The Morgan fingerprint density at radius 1 is 1.17 bits per heavy atom. The zero-order valence-corrected chi connectivity index (χ0v) is 18.1. The molecule has 0 radical (unpaired) electrons. The Morgan fingerprint density at radius 2 is 1.90 bits per heavy atom. The normalized spacial score (nSPS) is 11.1. The first-order chi connectivity index (χ1) is 14.0. The number of halogens is 1. The molecule has 0 bridgehead atoms. The van der Waals surface area contributed by atoms with E-state index in [1.165, 1.54) is 0 Å². The Hall–Kier alpha value is -2.72. The van der Waals surface area contributed by atoms with E-state index in [-0.39, 0.29) is 5.91 Å². The van der Waals surface area contributed by atoms with E-state index in [1.807, 2.05) is 42.5 Å². The fourth-order valence-electron chi connectivity index (χ4n) is 2.90. The lowest BCUT2D eigenvalue weighted by Gasteiger charge is -2.12. The van der Waals surface area contributed by atoms with E-state index in [0.29, 0.717) is 17.9 Å². The van der Waals surface area contributed by atoms with Crippen LogP contribution in [-0.4, -0.2) is 19.6 Å². The highest BCUT2D eigenvalue weighted by atomic mass is 35.5. The van der Waals surface area contributed by atoms with E-state index in [4.69, 9.17) is 16.3 Å². The lowest BCUT2D eigenvalue weighted by molar-refractivity contribution is 0.0951. The van der Waals surface area contributed by atoms with Crippen molar-refractivity contribution in [1.29, 1.82) is 0 Å². The summed E-state index contributed by atoms with van der Waals surface area (Å²) in [6, 6.07) is 13.5. The Labute approximate surface area is 178 Å². The van der Waals surface area contributed by atoms with E-state index < -0.39 is 0 Å². The number of methoxy groups -OCH3 is 1. The van der Waals surface area contributed by atoms with Gasteiger partial charge in [0.25, 0.3) is 5.91 Å². The topological polar surface area (TPSA) is 50.4 Å². The van der Waals surface area contributed by atoms with Gasteiger partial charge in [-0.15, -0.1) is 0 Å². The van der Waals surface area contributed by atoms with E-state index in [0.717, 1.165) is 46.8 Å². The first-order valence-corrected chi connectivity index (χ1v) is 10.2. The number of allylic oxidation sites excluding steroid dienone is 1. The number of rotatable bonds is 10. The van der Waals surface area contributed by atoms with Crippen LogP contribution in [0.2, 0.25) is 0 Å². The van der Waals surface area contributed by atoms with E-state index in [9.17, 15) is 4.79 Å². The molecule has 0 spiro atoms. The minimum atomic E-state index is -0.142. The van der Waals surface area contributed by atoms with Crippen molar-refractivity contribution in [3.63, 3.8) is 0 Å². The zero-order chi connectivity index (χ0) is 21.2. The highest BCUT2D eigenvalue weighted by Crippen LogP contribution is 2.25. The van der Waals surface area contributed by atoms with Crippen molar-refractivity contribution in [3.05, 3.63) is 76.3 Å². The maximum absolute atomic E-state index is 12.7. The summed E-state index contributed by atoms with van der Waals surface area (Å²) >= 11 is 6.33. The zero-order valence-electron chi connectivity index (χ0n) is 17.3. The quantitative estimate of drug-likeness (QED) is 0.467. The van der Waals surface area contributed by atoms with Crippen molar-refractivity contribution in [2.75, 3.05) is 19.0 Å². The molecule has 0 fully saturated rings. The standard InChI is InChI=1S/C24H29ClN2O2/c1-5-7-21(25)15-20-14-19(10-13-23(20)17(3)29-4)24(28)27-16-18-8-11-22(12-9-18)26-6-2/h8-15,26H,3,5-7,16H2,1-2,4H3,(H,27,28)/b21-15+. The highest BCUT2D eigenvalue weighted by molar-refractivity contribution is 6.31. The van der Waals surface area contributed by atoms with E-state index in [2.05, 4.69) is 31.1 Å². The largest absolute Gasteiger partial charge is 0.497 e. The van der Waals surface area contributed by atoms with Crippen molar-refractivity contribution >= 4 is 35.0 Å². The monoisotopic (exact) mass is 412 g/mol. The molecule has 0 aromatic heterocycles. The second kappa shape index (κ2) is 11.3. The molecule has 29 heavy (non-hydrogen) atoms.